The van der Waals surface area contributed by atoms with Gasteiger partial charge in [-0.05, 0) is 19.9 Å². The summed E-state index contributed by atoms with van der Waals surface area (Å²) < 4.78 is 5.81. The average Bonchev–Trinajstić information content (AvgIpc) is 2.02. The Bertz CT molecular complexity index is 320. The Morgan fingerprint density at radius 3 is 2.85 bits per heavy atom. The number of alkyl halides is 1. The first kappa shape index (κ1) is 8.89. The van der Waals surface area contributed by atoms with Crippen molar-refractivity contribution in [2.24, 2.45) is 0 Å². The molecular formula is C11H13ClO. The number of ether oxygens (including phenoxy) is 1. The van der Waals surface area contributed by atoms with Gasteiger partial charge in [0.05, 0.1) is 5.38 Å². The van der Waals surface area contributed by atoms with Crippen LogP contribution in [0, 0.1) is 0 Å². The highest BCUT2D eigenvalue weighted by Gasteiger charge is 2.32. The molecule has 0 N–H and O–H groups in total. The topological polar surface area (TPSA) is 9.23 Å². The molecule has 1 aromatic carbocycles. The van der Waals surface area contributed by atoms with Crippen LogP contribution < -0.4 is 4.74 Å². The maximum absolute atomic E-state index is 6.25. The fraction of sp³-hybridized carbons (Fsp3) is 0.455. The predicted molar refractivity (Wildman–Crippen MR) is 54.4 cm³/mol. The van der Waals surface area contributed by atoms with E-state index in [-0.39, 0.29) is 11.0 Å². The SMILES string of the molecule is CC1(C)C[C@H](Cl)c2ccccc2O1. The maximum atomic E-state index is 6.25. The van der Waals surface area contributed by atoms with Gasteiger partial charge in [-0.1, -0.05) is 18.2 Å². The van der Waals surface area contributed by atoms with Crippen molar-refractivity contribution < 1.29 is 4.74 Å². The highest BCUT2D eigenvalue weighted by atomic mass is 35.5. The van der Waals surface area contributed by atoms with E-state index in [9.17, 15) is 0 Å². The van der Waals surface area contributed by atoms with Crippen molar-refractivity contribution in [3.63, 3.8) is 0 Å². The summed E-state index contributed by atoms with van der Waals surface area (Å²) in [7, 11) is 0. The maximum Gasteiger partial charge on any atom is 0.124 e. The molecule has 13 heavy (non-hydrogen) atoms. The van der Waals surface area contributed by atoms with Gasteiger partial charge in [0, 0.05) is 12.0 Å². The Morgan fingerprint density at radius 2 is 2.08 bits per heavy atom. The third-order valence-corrected chi connectivity index (χ3v) is 2.70. The number of hydrogen-bond donors (Lipinski definition) is 0. The third-order valence-electron chi connectivity index (χ3n) is 2.31. The van der Waals surface area contributed by atoms with E-state index in [0.717, 1.165) is 17.7 Å². The summed E-state index contributed by atoms with van der Waals surface area (Å²) in [5.74, 6) is 0.929. The molecule has 0 aliphatic carbocycles. The fourth-order valence-electron chi connectivity index (χ4n) is 1.71. The van der Waals surface area contributed by atoms with E-state index in [1.54, 1.807) is 0 Å². The lowest BCUT2D eigenvalue weighted by Crippen LogP contribution is -2.33. The van der Waals surface area contributed by atoms with Crippen LogP contribution >= 0.6 is 11.6 Å². The van der Waals surface area contributed by atoms with Gasteiger partial charge in [-0.25, -0.2) is 0 Å². The Kier molecular flexibility index (Phi) is 1.99. The van der Waals surface area contributed by atoms with Gasteiger partial charge in [-0.2, -0.15) is 0 Å². The molecule has 2 rings (SSSR count). The third kappa shape index (κ3) is 1.66. The molecule has 2 heteroatoms. The van der Waals surface area contributed by atoms with Crippen molar-refractivity contribution in [3.8, 4) is 5.75 Å². The molecule has 0 radical (unpaired) electrons. The highest BCUT2D eigenvalue weighted by molar-refractivity contribution is 6.21. The van der Waals surface area contributed by atoms with Gasteiger partial charge >= 0.3 is 0 Å². The van der Waals surface area contributed by atoms with E-state index >= 15 is 0 Å². The van der Waals surface area contributed by atoms with Gasteiger partial charge in [0.25, 0.3) is 0 Å². The van der Waals surface area contributed by atoms with E-state index in [1.807, 2.05) is 24.3 Å². The second-order valence-electron chi connectivity index (χ2n) is 4.07. The molecule has 0 fully saturated rings. The summed E-state index contributed by atoms with van der Waals surface area (Å²) in [6.07, 6.45) is 0.867. The molecule has 0 aromatic heterocycles. The number of para-hydroxylation sites is 1. The lowest BCUT2D eigenvalue weighted by Gasteiger charge is -2.35. The second kappa shape index (κ2) is 2.91. The largest absolute Gasteiger partial charge is 0.487 e. The summed E-state index contributed by atoms with van der Waals surface area (Å²) in [4.78, 5) is 0. The molecule has 0 unspecified atom stereocenters. The van der Waals surface area contributed by atoms with Crippen LogP contribution in [0.15, 0.2) is 24.3 Å². The minimum Gasteiger partial charge on any atom is -0.487 e. The zero-order chi connectivity index (χ0) is 9.47. The van der Waals surface area contributed by atoms with Crippen LogP contribution in [0.1, 0.15) is 31.2 Å². The molecule has 1 nitrogen and oxygen atoms in total. The number of hydrogen-bond acceptors (Lipinski definition) is 1. The van der Waals surface area contributed by atoms with Crippen molar-refractivity contribution in [3.05, 3.63) is 29.8 Å². The quantitative estimate of drug-likeness (QED) is 0.577. The summed E-state index contributed by atoms with van der Waals surface area (Å²) in [6.45, 7) is 4.14. The van der Waals surface area contributed by atoms with Crippen molar-refractivity contribution in [1.82, 2.24) is 0 Å². The Labute approximate surface area is 83.7 Å². The molecule has 1 aliphatic heterocycles. The molecule has 70 valence electrons. The summed E-state index contributed by atoms with van der Waals surface area (Å²) >= 11 is 6.25. The highest BCUT2D eigenvalue weighted by Crippen LogP contribution is 2.42. The molecule has 1 atom stereocenters. The van der Waals surface area contributed by atoms with Crippen LogP contribution in [0.3, 0.4) is 0 Å². The van der Waals surface area contributed by atoms with Crippen LogP contribution in [0.4, 0.5) is 0 Å². The van der Waals surface area contributed by atoms with E-state index in [2.05, 4.69) is 13.8 Å². The van der Waals surface area contributed by atoms with Gasteiger partial charge in [-0.15, -0.1) is 11.6 Å². The monoisotopic (exact) mass is 196 g/mol. The zero-order valence-corrected chi connectivity index (χ0v) is 8.64. The Hall–Kier alpha value is -0.690. The van der Waals surface area contributed by atoms with Crippen molar-refractivity contribution in [2.45, 2.75) is 31.2 Å². The predicted octanol–water partition coefficient (Wildman–Crippen LogP) is 3.53. The van der Waals surface area contributed by atoms with Crippen LogP contribution in [-0.4, -0.2) is 5.60 Å². The van der Waals surface area contributed by atoms with Crippen LogP contribution in [0.25, 0.3) is 0 Å². The molecule has 0 bridgehead atoms. The van der Waals surface area contributed by atoms with Gasteiger partial charge in [0.15, 0.2) is 0 Å². The fourth-order valence-corrected chi connectivity index (χ4v) is 2.27. The summed E-state index contributed by atoms with van der Waals surface area (Å²) in [6, 6.07) is 7.98. The first-order valence-corrected chi connectivity index (χ1v) is 4.94. The van der Waals surface area contributed by atoms with Gasteiger partial charge < -0.3 is 4.74 Å². The Balaban J connectivity index is 2.43. The van der Waals surface area contributed by atoms with E-state index < -0.39 is 0 Å². The van der Waals surface area contributed by atoms with Crippen molar-refractivity contribution >= 4 is 11.6 Å². The molecule has 0 amide bonds. The number of rotatable bonds is 0. The Morgan fingerprint density at radius 1 is 1.38 bits per heavy atom. The van der Waals surface area contributed by atoms with E-state index in [4.69, 9.17) is 16.3 Å². The zero-order valence-electron chi connectivity index (χ0n) is 7.88. The minimum absolute atomic E-state index is 0.0833. The summed E-state index contributed by atoms with van der Waals surface area (Å²) in [5.41, 5.74) is 0.976. The normalized spacial score (nSPS) is 24.7. The summed E-state index contributed by atoms with van der Waals surface area (Å²) in [5, 5.41) is 0.0833. The number of halogens is 1. The van der Waals surface area contributed by atoms with Gasteiger partial charge in [0.2, 0.25) is 0 Å². The van der Waals surface area contributed by atoms with Gasteiger partial charge in [0.1, 0.15) is 11.4 Å². The first-order valence-electron chi connectivity index (χ1n) is 4.50. The minimum atomic E-state index is -0.138. The van der Waals surface area contributed by atoms with Gasteiger partial charge in [-0.3, -0.25) is 0 Å². The van der Waals surface area contributed by atoms with E-state index in [0.29, 0.717) is 0 Å². The standard InChI is InChI=1S/C11H13ClO/c1-11(2)7-9(12)8-5-3-4-6-10(8)13-11/h3-6,9H,7H2,1-2H3/t9-/m0/s1. The molecule has 1 heterocycles. The molecule has 1 aliphatic rings. The second-order valence-corrected chi connectivity index (χ2v) is 4.60. The number of benzene rings is 1. The molecule has 0 saturated carbocycles. The molecule has 0 saturated heterocycles. The lowest BCUT2D eigenvalue weighted by atomic mass is 9.94. The van der Waals surface area contributed by atoms with Crippen LogP contribution in [0.2, 0.25) is 0 Å². The first-order chi connectivity index (χ1) is 6.08. The number of fused-ring (bicyclic) bond motifs is 1. The molecule has 1 aromatic rings. The lowest BCUT2D eigenvalue weighted by molar-refractivity contribution is 0.0825. The van der Waals surface area contributed by atoms with E-state index in [1.165, 1.54) is 0 Å². The van der Waals surface area contributed by atoms with Crippen molar-refractivity contribution in [2.75, 3.05) is 0 Å². The molecular weight excluding hydrogens is 184 g/mol. The molecule has 0 spiro atoms. The average molecular weight is 197 g/mol. The van der Waals surface area contributed by atoms with Crippen molar-refractivity contribution in [1.29, 1.82) is 0 Å². The smallest absolute Gasteiger partial charge is 0.124 e. The van der Waals surface area contributed by atoms with Crippen LogP contribution in [0.5, 0.6) is 5.75 Å². The van der Waals surface area contributed by atoms with Crippen LogP contribution in [-0.2, 0) is 0 Å².